The van der Waals surface area contributed by atoms with E-state index in [1.807, 2.05) is 0 Å². The first kappa shape index (κ1) is 22.9. The second kappa shape index (κ2) is 8.56. The predicted octanol–water partition coefficient (Wildman–Crippen LogP) is 2.53. The van der Waals surface area contributed by atoms with E-state index in [4.69, 9.17) is 28.8 Å². The number of hydrogen-bond acceptors (Lipinski definition) is 8. The van der Waals surface area contributed by atoms with Gasteiger partial charge in [0.25, 0.3) is 11.5 Å². The van der Waals surface area contributed by atoms with Crippen molar-refractivity contribution in [2.45, 2.75) is 6.92 Å². The monoisotopic (exact) mass is 486 g/mol. The molecule has 0 aliphatic heterocycles. The molecule has 1 amide bonds. The number of hydrogen-bond donors (Lipinski definition) is 3. The number of nitrogens with two attached hydrogens (primary N) is 3. The van der Waals surface area contributed by atoms with Crippen molar-refractivity contribution in [1.82, 2.24) is 19.5 Å². The topological polar surface area (TPSA) is 159 Å². The zero-order valence-corrected chi connectivity index (χ0v) is 18.3. The van der Waals surface area contributed by atoms with E-state index >= 15 is 0 Å². The van der Waals surface area contributed by atoms with Crippen molar-refractivity contribution in [3.05, 3.63) is 69.0 Å². The van der Waals surface area contributed by atoms with Crippen LogP contribution in [0.1, 0.15) is 17.3 Å². The molecule has 2 heterocycles. The van der Waals surface area contributed by atoms with Gasteiger partial charge in [0.2, 0.25) is 11.9 Å². The molecule has 0 spiro atoms. The van der Waals surface area contributed by atoms with Crippen LogP contribution < -0.4 is 27.7 Å². The Kier molecular flexibility index (Phi) is 5.75. The summed E-state index contributed by atoms with van der Waals surface area (Å²) in [6, 6.07) is 7.16. The quantitative estimate of drug-likeness (QED) is 0.388. The molecular formula is C21H17ClF2N8O2. The molecule has 174 valence electrons. The molecule has 4 aromatic rings. The largest absolute Gasteiger partial charge is 0.383 e. The Morgan fingerprint density at radius 2 is 1.79 bits per heavy atom. The highest BCUT2D eigenvalue weighted by atomic mass is 35.5. The molecule has 0 saturated carbocycles. The molecule has 0 bridgehead atoms. The van der Waals surface area contributed by atoms with Gasteiger partial charge < -0.3 is 17.2 Å². The summed E-state index contributed by atoms with van der Waals surface area (Å²) in [5, 5.41) is 0.106. The van der Waals surface area contributed by atoms with Crippen LogP contribution in [-0.4, -0.2) is 32.0 Å². The molecule has 6 N–H and O–H groups in total. The molecule has 2 aromatic heterocycles. The van der Waals surface area contributed by atoms with E-state index in [2.05, 4.69) is 15.0 Å². The van der Waals surface area contributed by atoms with Crippen LogP contribution in [0.3, 0.4) is 0 Å². The highest BCUT2D eigenvalue weighted by Gasteiger charge is 2.27. The van der Waals surface area contributed by atoms with Crippen molar-refractivity contribution in [2.75, 3.05) is 22.9 Å². The number of nitrogen functional groups attached to an aromatic ring is 2. The number of carbonyl (C=O) groups is 1. The van der Waals surface area contributed by atoms with Gasteiger partial charge in [-0.3, -0.25) is 14.5 Å². The molecule has 13 heteroatoms. The first-order valence-corrected chi connectivity index (χ1v) is 10.2. The van der Waals surface area contributed by atoms with Gasteiger partial charge >= 0.3 is 0 Å². The van der Waals surface area contributed by atoms with E-state index in [1.165, 1.54) is 17.0 Å². The molecular weight excluding hydrogens is 470 g/mol. The number of fused-ring (bicyclic) bond motifs is 1. The molecule has 4 rings (SSSR count). The fourth-order valence-electron chi connectivity index (χ4n) is 3.56. The van der Waals surface area contributed by atoms with Crippen LogP contribution in [0, 0.1) is 11.6 Å². The van der Waals surface area contributed by atoms with Crippen LogP contribution in [0.5, 0.6) is 0 Å². The molecule has 0 aliphatic carbocycles. The molecule has 0 radical (unpaired) electrons. The number of primary amides is 1. The number of amides is 1. The summed E-state index contributed by atoms with van der Waals surface area (Å²) in [7, 11) is 0. The lowest BCUT2D eigenvalue weighted by Gasteiger charge is -2.26. The average Bonchev–Trinajstić information content (AvgIpc) is 2.72. The molecule has 0 unspecified atom stereocenters. The van der Waals surface area contributed by atoms with Crippen LogP contribution in [0.4, 0.5) is 32.3 Å². The number of carbonyl (C=O) groups excluding carboxylic acids is 1. The Balaban J connectivity index is 2.16. The van der Waals surface area contributed by atoms with Crippen molar-refractivity contribution in [3.8, 4) is 5.69 Å². The van der Waals surface area contributed by atoms with Crippen molar-refractivity contribution >= 4 is 51.9 Å². The van der Waals surface area contributed by atoms with Gasteiger partial charge in [0.05, 0.1) is 21.6 Å². The third kappa shape index (κ3) is 3.83. The number of benzene rings is 2. The lowest BCUT2D eigenvalue weighted by Crippen LogP contribution is -2.32. The summed E-state index contributed by atoms with van der Waals surface area (Å²) in [6.07, 6.45) is 0. The minimum absolute atomic E-state index is 0.0190. The van der Waals surface area contributed by atoms with Gasteiger partial charge in [-0.1, -0.05) is 17.7 Å². The van der Waals surface area contributed by atoms with E-state index in [1.54, 1.807) is 13.0 Å². The number of anilines is 4. The first-order chi connectivity index (χ1) is 16.1. The summed E-state index contributed by atoms with van der Waals surface area (Å²) < 4.78 is 29.2. The van der Waals surface area contributed by atoms with Gasteiger partial charge in [0.15, 0.2) is 5.82 Å². The third-order valence-corrected chi connectivity index (χ3v) is 5.24. The Hall–Kier alpha value is -4.32. The number of nitrogens with zero attached hydrogens (tertiary/aromatic N) is 5. The van der Waals surface area contributed by atoms with Crippen LogP contribution >= 0.6 is 11.6 Å². The molecule has 0 fully saturated rings. The van der Waals surface area contributed by atoms with E-state index in [0.29, 0.717) is 6.07 Å². The smallest absolute Gasteiger partial charge is 0.268 e. The fourth-order valence-corrected chi connectivity index (χ4v) is 3.81. The van der Waals surface area contributed by atoms with Gasteiger partial charge in [-0.05, 0) is 31.2 Å². The van der Waals surface area contributed by atoms with Gasteiger partial charge in [-0.25, -0.2) is 18.3 Å². The molecule has 0 saturated heterocycles. The Morgan fingerprint density at radius 1 is 1.12 bits per heavy atom. The molecule has 10 nitrogen and oxygen atoms in total. The molecule has 0 aliphatic rings. The Bertz CT molecular complexity index is 1510. The van der Waals surface area contributed by atoms with Gasteiger partial charge in [-0.2, -0.15) is 9.97 Å². The second-order valence-corrected chi connectivity index (χ2v) is 7.50. The minimum atomic E-state index is -0.958. The SMILES string of the molecule is CCN(c1nc(N)nc(N)c1C(N)=O)c1nc2cccc(Cl)c2c(=O)n1-c1cc(F)cc(F)c1. The Morgan fingerprint density at radius 3 is 2.41 bits per heavy atom. The Labute approximate surface area is 195 Å². The predicted molar refractivity (Wildman–Crippen MR) is 124 cm³/mol. The van der Waals surface area contributed by atoms with Crippen molar-refractivity contribution in [3.63, 3.8) is 0 Å². The normalized spacial score (nSPS) is 11.1. The maximum atomic E-state index is 14.1. The van der Waals surface area contributed by atoms with E-state index in [0.717, 1.165) is 16.7 Å². The van der Waals surface area contributed by atoms with Crippen molar-refractivity contribution in [1.29, 1.82) is 0 Å². The number of aromatic nitrogens is 4. The van der Waals surface area contributed by atoms with Crippen LogP contribution in [0.25, 0.3) is 16.6 Å². The molecule has 0 atom stereocenters. The summed E-state index contributed by atoms with van der Waals surface area (Å²) >= 11 is 6.25. The third-order valence-electron chi connectivity index (χ3n) is 4.93. The highest BCUT2D eigenvalue weighted by Crippen LogP contribution is 2.31. The highest BCUT2D eigenvalue weighted by molar-refractivity contribution is 6.35. The maximum absolute atomic E-state index is 14.1. The zero-order valence-electron chi connectivity index (χ0n) is 17.6. The van der Waals surface area contributed by atoms with Gasteiger partial charge in [-0.15, -0.1) is 0 Å². The molecule has 2 aromatic carbocycles. The number of halogens is 3. The maximum Gasteiger partial charge on any atom is 0.268 e. The van der Waals surface area contributed by atoms with Crippen molar-refractivity contribution < 1.29 is 13.6 Å². The van der Waals surface area contributed by atoms with E-state index < -0.39 is 23.1 Å². The molecule has 34 heavy (non-hydrogen) atoms. The lowest BCUT2D eigenvalue weighted by atomic mass is 10.2. The minimum Gasteiger partial charge on any atom is -0.383 e. The van der Waals surface area contributed by atoms with E-state index in [9.17, 15) is 18.4 Å². The standard InChI is InChI=1S/C21H17ClF2N8O2/c1-2-31(18-15(17(26)33)16(25)29-20(27)30-18)21-28-13-5-3-4-12(22)14(13)19(34)32(21)11-7-9(23)6-10(24)8-11/h3-8H,2H2,1H3,(H2,26,33)(H4,25,27,29,30). The lowest BCUT2D eigenvalue weighted by molar-refractivity contribution is 0.100. The summed E-state index contributed by atoms with van der Waals surface area (Å²) in [5.41, 5.74) is 16.1. The first-order valence-electron chi connectivity index (χ1n) is 9.80. The summed E-state index contributed by atoms with van der Waals surface area (Å²) in [6.45, 7) is 1.72. The van der Waals surface area contributed by atoms with Crippen LogP contribution in [0.15, 0.2) is 41.2 Å². The van der Waals surface area contributed by atoms with E-state index in [-0.39, 0.29) is 57.3 Å². The van der Waals surface area contributed by atoms with Crippen LogP contribution in [0.2, 0.25) is 5.02 Å². The van der Waals surface area contributed by atoms with Crippen LogP contribution in [-0.2, 0) is 0 Å². The fraction of sp³-hybridized carbons (Fsp3) is 0.0952. The number of rotatable bonds is 5. The zero-order chi connectivity index (χ0) is 24.7. The second-order valence-electron chi connectivity index (χ2n) is 7.09. The van der Waals surface area contributed by atoms with Crippen molar-refractivity contribution in [2.24, 2.45) is 5.73 Å². The van der Waals surface area contributed by atoms with Gasteiger partial charge in [0.1, 0.15) is 23.0 Å². The van der Waals surface area contributed by atoms with Gasteiger partial charge in [0, 0.05) is 12.6 Å². The average molecular weight is 487 g/mol. The summed E-state index contributed by atoms with van der Waals surface area (Å²) in [5.74, 6) is -3.66. The summed E-state index contributed by atoms with van der Waals surface area (Å²) in [4.78, 5) is 39.4.